The molecular formula is C16H35NO3S2. The second kappa shape index (κ2) is 16.0. The summed E-state index contributed by atoms with van der Waals surface area (Å²) in [7, 11) is 5.55. The zero-order chi connectivity index (χ0) is 17.4. The molecule has 0 radical (unpaired) electrons. The molecule has 0 aromatic rings. The zero-order valence-corrected chi connectivity index (χ0v) is 16.7. The highest BCUT2D eigenvalue weighted by molar-refractivity contribution is 8.76. The number of rotatable bonds is 11. The number of carbonyl (C=O) groups excluding carboxylic acids is 1. The predicted octanol–water partition coefficient (Wildman–Crippen LogP) is 3.73. The van der Waals surface area contributed by atoms with Crippen LogP contribution in [-0.4, -0.2) is 48.4 Å². The second-order valence-corrected chi connectivity index (χ2v) is 8.71. The van der Waals surface area contributed by atoms with Gasteiger partial charge in [0.15, 0.2) is 0 Å². The van der Waals surface area contributed by atoms with Gasteiger partial charge in [-0.1, -0.05) is 42.4 Å². The van der Waals surface area contributed by atoms with Crippen molar-refractivity contribution in [2.24, 2.45) is 5.92 Å². The summed E-state index contributed by atoms with van der Waals surface area (Å²) in [6.07, 6.45) is 2.54. The van der Waals surface area contributed by atoms with Crippen LogP contribution in [0.4, 0.5) is 0 Å². The maximum Gasteiger partial charge on any atom is 0.305 e. The number of hydrogen-bond donors (Lipinski definition) is 2. The largest absolute Gasteiger partial charge is 0.465 e. The number of hydrogen-bond acceptors (Lipinski definition) is 6. The molecule has 0 amide bonds. The number of esters is 1. The van der Waals surface area contributed by atoms with Crippen molar-refractivity contribution in [3.8, 4) is 0 Å². The van der Waals surface area contributed by atoms with Crippen molar-refractivity contribution in [1.82, 2.24) is 5.32 Å². The van der Waals surface area contributed by atoms with E-state index in [1.54, 1.807) is 10.8 Å². The predicted molar refractivity (Wildman–Crippen MR) is 100 cm³/mol. The van der Waals surface area contributed by atoms with Crippen molar-refractivity contribution in [2.75, 3.05) is 31.8 Å². The monoisotopic (exact) mass is 353 g/mol. The lowest BCUT2D eigenvalue weighted by Gasteiger charge is -2.21. The number of aliphatic hydroxyl groups excluding tert-OH is 1. The summed E-state index contributed by atoms with van der Waals surface area (Å²) in [6.45, 7) is 11.2. The van der Waals surface area contributed by atoms with Crippen molar-refractivity contribution in [1.29, 1.82) is 0 Å². The van der Waals surface area contributed by atoms with Gasteiger partial charge >= 0.3 is 5.97 Å². The summed E-state index contributed by atoms with van der Waals surface area (Å²) < 4.78 is 4.95. The van der Waals surface area contributed by atoms with Crippen LogP contribution in [0, 0.1) is 5.92 Å². The number of ether oxygens (including phenoxy) is 1. The summed E-state index contributed by atoms with van der Waals surface area (Å²) in [5, 5.41) is 11.6. The molecule has 0 aromatic carbocycles. The fourth-order valence-corrected chi connectivity index (χ4v) is 3.25. The highest BCUT2D eigenvalue weighted by Gasteiger charge is 2.11. The van der Waals surface area contributed by atoms with E-state index in [-0.39, 0.29) is 18.1 Å². The van der Waals surface area contributed by atoms with Crippen LogP contribution in [-0.2, 0) is 9.53 Å². The molecule has 0 rings (SSSR count). The Morgan fingerprint density at radius 3 is 2.27 bits per heavy atom. The van der Waals surface area contributed by atoms with Gasteiger partial charge in [0, 0.05) is 30.1 Å². The third kappa shape index (κ3) is 20.1. The lowest BCUT2D eigenvalue weighted by Crippen LogP contribution is -2.36. The molecule has 134 valence electrons. The maximum atomic E-state index is 10.8. The van der Waals surface area contributed by atoms with Crippen molar-refractivity contribution in [2.45, 2.75) is 59.4 Å². The van der Waals surface area contributed by atoms with Crippen LogP contribution in [0.5, 0.6) is 0 Å². The van der Waals surface area contributed by atoms with Crippen LogP contribution in [0.1, 0.15) is 53.9 Å². The van der Waals surface area contributed by atoms with Crippen LogP contribution in [0.15, 0.2) is 0 Å². The lowest BCUT2D eigenvalue weighted by molar-refractivity contribution is -0.142. The highest BCUT2D eigenvalue weighted by Crippen LogP contribution is 2.23. The molecule has 2 N–H and O–H groups in total. The highest BCUT2D eigenvalue weighted by atomic mass is 33.1. The Kier molecular flexibility index (Phi) is 17.7. The Bertz CT molecular complexity index is 262. The van der Waals surface area contributed by atoms with Gasteiger partial charge < -0.3 is 15.2 Å². The molecule has 0 saturated carbocycles. The standard InChI is InChI=1S/C10H20O2S2.C6H15NO/c1-4-10(11)12-6-8-14-13-7-5-9(2)3;1-6(2,7-3)4-5-8/h9H,4-8H2,1-3H3;7-8H,4-5H2,1-3H3. The number of nitrogens with one attached hydrogen (secondary N) is 1. The first-order chi connectivity index (χ1) is 10.3. The van der Waals surface area contributed by atoms with E-state index in [9.17, 15) is 4.79 Å². The molecule has 0 spiro atoms. The van der Waals surface area contributed by atoms with Gasteiger partial charge in [-0.2, -0.15) is 0 Å². The molecule has 0 aromatic heterocycles. The topological polar surface area (TPSA) is 58.6 Å². The molecule has 0 aliphatic heterocycles. The Morgan fingerprint density at radius 2 is 1.86 bits per heavy atom. The smallest absolute Gasteiger partial charge is 0.305 e. The van der Waals surface area contributed by atoms with Crippen molar-refractivity contribution >= 4 is 27.6 Å². The van der Waals surface area contributed by atoms with Crippen molar-refractivity contribution in [3.63, 3.8) is 0 Å². The van der Waals surface area contributed by atoms with Crippen LogP contribution in [0.3, 0.4) is 0 Å². The summed E-state index contributed by atoms with van der Waals surface area (Å²) >= 11 is 0. The van der Waals surface area contributed by atoms with Gasteiger partial charge in [0.2, 0.25) is 0 Å². The van der Waals surface area contributed by atoms with Gasteiger partial charge in [-0.05, 0) is 39.7 Å². The van der Waals surface area contributed by atoms with E-state index in [0.29, 0.717) is 13.0 Å². The van der Waals surface area contributed by atoms with Gasteiger partial charge in [-0.3, -0.25) is 4.79 Å². The van der Waals surface area contributed by atoms with E-state index in [1.807, 2.05) is 24.8 Å². The first kappa shape index (κ1) is 24.3. The van der Waals surface area contributed by atoms with Gasteiger partial charge in [-0.25, -0.2) is 0 Å². The fraction of sp³-hybridized carbons (Fsp3) is 0.938. The molecule has 0 atom stereocenters. The lowest BCUT2D eigenvalue weighted by atomic mass is 10.0. The van der Waals surface area contributed by atoms with Gasteiger partial charge in [-0.15, -0.1) is 0 Å². The van der Waals surface area contributed by atoms with E-state index in [4.69, 9.17) is 9.84 Å². The van der Waals surface area contributed by atoms with Gasteiger partial charge in [0.1, 0.15) is 6.61 Å². The first-order valence-electron chi connectivity index (χ1n) is 7.98. The minimum atomic E-state index is -0.0993. The molecule has 0 aliphatic rings. The quantitative estimate of drug-likeness (QED) is 0.335. The zero-order valence-electron chi connectivity index (χ0n) is 15.1. The summed E-state index contributed by atoms with van der Waals surface area (Å²) in [5.41, 5.74) is 0.0920. The number of aliphatic hydroxyl groups is 1. The van der Waals surface area contributed by atoms with Gasteiger partial charge in [0.05, 0.1) is 0 Å². The van der Waals surface area contributed by atoms with E-state index in [1.165, 1.54) is 12.2 Å². The average Bonchev–Trinajstić information content (AvgIpc) is 2.46. The molecule has 22 heavy (non-hydrogen) atoms. The molecule has 0 aliphatic carbocycles. The minimum absolute atomic E-state index is 0.0920. The van der Waals surface area contributed by atoms with Crippen molar-refractivity contribution < 1.29 is 14.6 Å². The summed E-state index contributed by atoms with van der Waals surface area (Å²) in [6, 6.07) is 0. The van der Waals surface area contributed by atoms with E-state index < -0.39 is 0 Å². The second-order valence-electron chi connectivity index (χ2n) is 6.01. The summed E-state index contributed by atoms with van der Waals surface area (Å²) in [4.78, 5) is 10.8. The Morgan fingerprint density at radius 1 is 1.27 bits per heavy atom. The van der Waals surface area contributed by atoms with E-state index >= 15 is 0 Å². The number of carbonyl (C=O) groups is 1. The first-order valence-corrected chi connectivity index (χ1v) is 10.5. The molecule has 0 saturated heterocycles. The third-order valence-corrected chi connectivity index (χ3v) is 5.40. The molecule has 0 heterocycles. The molecular weight excluding hydrogens is 318 g/mol. The molecule has 4 nitrogen and oxygen atoms in total. The van der Waals surface area contributed by atoms with E-state index in [2.05, 4.69) is 33.0 Å². The van der Waals surface area contributed by atoms with Crippen molar-refractivity contribution in [3.05, 3.63) is 0 Å². The minimum Gasteiger partial charge on any atom is -0.465 e. The third-order valence-electron chi connectivity index (χ3n) is 2.99. The maximum absolute atomic E-state index is 10.8. The molecule has 0 bridgehead atoms. The van der Waals surface area contributed by atoms with Crippen LogP contribution < -0.4 is 5.32 Å². The Hall–Kier alpha value is 0.0900. The Labute approximate surface area is 144 Å². The summed E-state index contributed by atoms with van der Waals surface area (Å²) in [5.74, 6) is 2.76. The fourth-order valence-electron chi connectivity index (χ4n) is 1.10. The molecule has 6 heteroatoms. The average molecular weight is 354 g/mol. The van der Waals surface area contributed by atoms with Crippen LogP contribution >= 0.6 is 21.6 Å². The normalized spacial score (nSPS) is 11.1. The van der Waals surface area contributed by atoms with Crippen LogP contribution in [0.2, 0.25) is 0 Å². The molecule has 0 unspecified atom stereocenters. The van der Waals surface area contributed by atoms with Crippen LogP contribution in [0.25, 0.3) is 0 Å². The van der Waals surface area contributed by atoms with Gasteiger partial charge in [0.25, 0.3) is 0 Å². The molecule has 0 fully saturated rings. The SMILES string of the molecule is CCC(=O)OCCSSCCC(C)C.CNC(C)(C)CCO. The van der Waals surface area contributed by atoms with E-state index in [0.717, 1.165) is 18.1 Å². The Balaban J connectivity index is 0.